The molecule has 0 aliphatic rings. The number of rotatable bonds is 5. The van der Waals surface area contributed by atoms with E-state index in [2.05, 4.69) is 0 Å². The van der Waals surface area contributed by atoms with Gasteiger partial charge in [0, 0.05) is 0 Å². The van der Waals surface area contributed by atoms with E-state index in [-0.39, 0.29) is 6.42 Å². The standard InChI is InChI=1S/C7H11O4/c1-2-3-4-5(6(8)9)7(10)11/h3,5H,2,4H2,1H3,(H,8,9)(H,10,11). The van der Waals surface area contributed by atoms with Gasteiger partial charge >= 0.3 is 11.9 Å². The Hall–Kier alpha value is -1.06. The van der Waals surface area contributed by atoms with Gasteiger partial charge in [-0.05, 0) is 12.8 Å². The highest BCUT2D eigenvalue weighted by atomic mass is 16.4. The number of hydrogen-bond acceptors (Lipinski definition) is 2. The second-order valence-corrected chi connectivity index (χ2v) is 2.16. The summed E-state index contributed by atoms with van der Waals surface area (Å²) in [6, 6.07) is 0. The van der Waals surface area contributed by atoms with Gasteiger partial charge < -0.3 is 10.2 Å². The van der Waals surface area contributed by atoms with Gasteiger partial charge in [-0.15, -0.1) is 0 Å². The van der Waals surface area contributed by atoms with Crippen molar-refractivity contribution < 1.29 is 19.8 Å². The predicted molar refractivity (Wildman–Crippen MR) is 38.0 cm³/mol. The molecule has 0 spiro atoms. The molecule has 0 aromatic heterocycles. The van der Waals surface area contributed by atoms with Gasteiger partial charge in [0.1, 0.15) is 0 Å². The van der Waals surface area contributed by atoms with Crippen LogP contribution < -0.4 is 0 Å². The summed E-state index contributed by atoms with van der Waals surface area (Å²) < 4.78 is 0. The third-order valence-corrected chi connectivity index (χ3v) is 1.29. The Morgan fingerprint density at radius 2 is 1.82 bits per heavy atom. The van der Waals surface area contributed by atoms with Crippen LogP contribution in [0, 0.1) is 12.3 Å². The molecule has 0 saturated carbocycles. The monoisotopic (exact) mass is 159 g/mol. The van der Waals surface area contributed by atoms with E-state index < -0.39 is 17.9 Å². The fraction of sp³-hybridized carbons (Fsp3) is 0.571. The fourth-order valence-electron chi connectivity index (χ4n) is 0.641. The number of carboxylic acid groups (broad SMARTS) is 2. The predicted octanol–water partition coefficient (Wildman–Crippen LogP) is 0.776. The first-order chi connectivity index (χ1) is 5.09. The highest BCUT2D eigenvalue weighted by molar-refractivity contribution is 5.92. The van der Waals surface area contributed by atoms with Crippen molar-refractivity contribution in [2.24, 2.45) is 5.92 Å². The highest BCUT2D eigenvalue weighted by Crippen LogP contribution is 2.07. The summed E-state index contributed by atoms with van der Waals surface area (Å²) in [5.41, 5.74) is 0. The van der Waals surface area contributed by atoms with Crippen molar-refractivity contribution in [2.75, 3.05) is 0 Å². The fourth-order valence-corrected chi connectivity index (χ4v) is 0.641. The molecule has 0 aliphatic heterocycles. The zero-order chi connectivity index (χ0) is 8.85. The molecule has 0 aliphatic carbocycles. The first kappa shape index (κ1) is 9.94. The minimum Gasteiger partial charge on any atom is -0.481 e. The maximum absolute atomic E-state index is 10.2. The van der Waals surface area contributed by atoms with Gasteiger partial charge in [0.05, 0.1) is 0 Å². The van der Waals surface area contributed by atoms with E-state index >= 15 is 0 Å². The molecule has 0 heterocycles. The summed E-state index contributed by atoms with van der Waals surface area (Å²) in [5.74, 6) is -3.83. The van der Waals surface area contributed by atoms with E-state index in [1.165, 1.54) is 0 Å². The minimum atomic E-state index is -1.28. The molecule has 1 radical (unpaired) electrons. The number of carbonyl (C=O) groups is 2. The Bertz CT molecular complexity index is 139. The number of hydrogen-bond donors (Lipinski definition) is 2. The van der Waals surface area contributed by atoms with Crippen LogP contribution in [0.1, 0.15) is 19.8 Å². The van der Waals surface area contributed by atoms with E-state index in [0.29, 0.717) is 6.42 Å². The molecule has 0 bridgehead atoms. The summed E-state index contributed by atoms with van der Waals surface area (Å²) in [5, 5.41) is 16.7. The molecule has 0 rings (SSSR count). The van der Waals surface area contributed by atoms with Gasteiger partial charge in [-0.2, -0.15) is 0 Å². The van der Waals surface area contributed by atoms with Crippen molar-refractivity contribution in [3.63, 3.8) is 0 Å². The molecule has 2 N–H and O–H groups in total. The van der Waals surface area contributed by atoms with Gasteiger partial charge in [0.15, 0.2) is 5.92 Å². The van der Waals surface area contributed by atoms with E-state index in [1.54, 1.807) is 6.42 Å². The van der Waals surface area contributed by atoms with Crippen molar-refractivity contribution in [1.29, 1.82) is 0 Å². The van der Waals surface area contributed by atoms with E-state index in [1.807, 2.05) is 6.92 Å². The first-order valence-electron chi connectivity index (χ1n) is 3.36. The van der Waals surface area contributed by atoms with Gasteiger partial charge in [-0.3, -0.25) is 9.59 Å². The maximum atomic E-state index is 10.2. The Balaban J connectivity index is 3.90. The topological polar surface area (TPSA) is 74.6 Å². The molecular formula is C7H11O4. The maximum Gasteiger partial charge on any atom is 0.317 e. The van der Waals surface area contributed by atoms with Crippen molar-refractivity contribution in [3.05, 3.63) is 6.42 Å². The summed E-state index contributed by atoms with van der Waals surface area (Å²) in [7, 11) is 0. The third kappa shape index (κ3) is 3.60. The van der Waals surface area contributed by atoms with Crippen molar-refractivity contribution >= 4 is 11.9 Å². The molecule has 4 heteroatoms. The second kappa shape index (κ2) is 4.71. The molecule has 11 heavy (non-hydrogen) atoms. The molecule has 0 unspecified atom stereocenters. The molecule has 0 fully saturated rings. The van der Waals surface area contributed by atoms with E-state index in [4.69, 9.17) is 10.2 Å². The summed E-state index contributed by atoms with van der Waals surface area (Å²) >= 11 is 0. The number of carboxylic acids is 2. The van der Waals surface area contributed by atoms with Crippen molar-refractivity contribution in [2.45, 2.75) is 19.8 Å². The molecule has 0 aromatic rings. The Morgan fingerprint density at radius 1 is 1.36 bits per heavy atom. The average molecular weight is 159 g/mol. The molecule has 0 saturated heterocycles. The Morgan fingerprint density at radius 3 is 2.09 bits per heavy atom. The largest absolute Gasteiger partial charge is 0.481 e. The Kier molecular flexibility index (Phi) is 4.26. The lowest BCUT2D eigenvalue weighted by molar-refractivity contribution is -0.154. The lowest BCUT2D eigenvalue weighted by Crippen LogP contribution is -2.23. The van der Waals surface area contributed by atoms with Crippen LogP contribution in [0.4, 0.5) is 0 Å². The third-order valence-electron chi connectivity index (χ3n) is 1.29. The number of aliphatic carboxylic acids is 2. The van der Waals surface area contributed by atoms with Crippen LogP contribution >= 0.6 is 0 Å². The highest BCUT2D eigenvalue weighted by Gasteiger charge is 2.24. The van der Waals surface area contributed by atoms with Crippen molar-refractivity contribution in [1.82, 2.24) is 0 Å². The van der Waals surface area contributed by atoms with Crippen molar-refractivity contribution in [3.8, 4) is 0 Å². The lowest BCUT2D eigenvalue weighted by Gasteiger charge is -2.04. The SMILES string of the molecule is CC[CH]CC(C(=O)O)C(=O)O. The van der Waals surface area contributed by atoms with Gasteiger partial charge in [0.25, 0.3) is 0 Å². The number of unbranched alkanes of at least 4 members (excludes halogenated alkanes) is 1. The van der Waals surface area contributed by atoms with E-state index in [9.17, 15) is 9.59 Å². The molecule has 0 atom stereocenters. The molecule has 0 amide bonds. The molecule has 4 nitrogen and oxygen atoms in total. The minimum absolute atomic E-state index is 0.0984. The van der Waals surface area contributed by atoms with E-state index in [0.717, 1.165) is 0 Å². The quantitative estimate of drug-likeness (QED) is 0.581. The van der Waals surface area contributed by atoms with Crippen LogP contribution in [-0.2, 0) is 9.59 Å². The first-order valence-corrected chi connectivity index (χ1v) is 3.36. The average Bonchev–Trinajstić information content (AvgIpc) is 1.87. The summed E-state index contributed by atoms with van der Waals surface area (Å²) in [6.07, 6.45) is 2.44. The molecular weight excluding hydrogens is 148 g/mol. The smallest absolute Gasteiger partial charge is 0.317 e. The van der Waals surface area contributed by atoms with Crippen LogP contribution in [0.3, 0.4) is 0 Å². The lowest BCUT2D eigenvalue weighted by atomic mass is 10.0. The van der Waals surface area contributed by atoms with Crippen LogP contribution in [0.25, 0.3) is 0 Å². The molecule has 63 valence electrons. The second-order valence-electron chi connectivity index (χ2n) is 2.16. The Labute approximate surface area is 64.8 Å². The van der Waals surface area contributed by atoms with Crippen LogP contribution in [0.2, 0.25) is 0 Å². The van der Waals surface area contributed by atoms with Gasteiger partial charge in [-0.1, -0.05) is 13.3 Å². The van der Waals surface area contributed by atoms with Crippen LogP contribution in [0.5, 0.6) is 0 Å². The van der Waals surface area contributed by atoms with Crippen LogP contribution in [0.15, 0.2) is 0 Å². The van der Waals surface area contributed by atoms with Crippen LogP contribution in [-0.4, -0.2) is 22.2 Å². The zero-order valence-electron chi connectivity index (χ0n) is 6.28. The summed E-state index contributed by atoms with van der Waals surface area (Å²) in [6.45, 7) is 1.83. The zero-order valence-corrected chi connectivity index (χ0v) is 6.28. The van der Waals surface area contributed by atoms with Gasteiger partial charge in [0.2, 0.25) is 0 Å². The normalized spacial score (nSPS) is 10.0. The van der Waals surface area contributed by atoms with Gasteiger partial charge in [-0.25, -0.2) is 0 Å². The summed E-state index contributed by atoms with van der Waals surface area (Å²) in [4.78, 5) is 20.5. The molecule has 0 aromatic carbocycles.